The summed E-state index contributed by atoms with van der Waals surface area (Å²) in [7, 11) is 0. The highest BCUT2D eigenvalue weighted by molar-refractivity contribution is 5.88. The maximum Gasteiger partial charge on any atom is 0.323 e. The summed E-state index contributed by atoms with van der Waals surface area (Å²) in [5.74, 6) is 1.92. The highest BCUT2D eigenvalue weighted by Crippen LogP contribution is 2.45. The molecule has 2 aliphatic rings. The van der Waals surface area contributed by atoms with E-state index in [0.29, 0.717) is 18.3 Å². The molecule has 25 heavy (non-hydrogen) atoms. The second kappa shape index (κ2) is 6.13. The highest BCUT2D eigenvalue weighted by atomic mass is 16.2. The molecule has 7 heteroatoms. The van der Waals surface area contributed by atoms with Crippen LogP contribution in [0, 0.1) is 5.92 Å². The lowest BCUT2D eigenvalue weighted by Crippen LogP contribution is -2.45. The van der Waals surface area contributed by atoms with Gasteiger partial charge in [-0.25, -0.2) is 19.7 Å². The molecular formula is C18H24N6O. The van der Waals surface area contributed by atoms with E-state index in [1.807, 2.05) is 17.4 Å². The molecule has 7 nitrogen and oxygen atoms in total. The Kier molecular flexibility index (Phi) is 3.94. The number of urea groups is 1. The number of hydrogen-bond acceptors (Lipinski definition) is 4. The number of amides is 2. The van der Waals surface area contributed by atoms with Gasteiger partial charge >= 0.3 is 6.03 Å². The molecule has 2 atom stereocenters. The Morgan fingerprint density at radius 1 is 1.36 bits per heavy atom. The second-order valence-electron chi connectivity index (χ2n) is 7.55. The van der Waals surface area contributed by atoms with Crippen molar-refractivity contribution in [2.24, 2.45) is 5.92 Å². The van der Waals surface area contributed by atoms with Crippen molar-refractivity contribution < 1.29 is 4.79 Å². The van der Waals surface area contributed by atoms with E-state index in [2.05, 4.69) is 38.7 Å². The zero-order valence-electron chi connectivity index (χ0n) is 14.7. The number of carbonyl (C=O) groups is 1. The minimum atomic E-state index is -0.0948. The molecule has 1 aliphatic heterocycles. The van der Waals surface area contributed by atoms with Crippen LogP contribution in [0.3, 0.4) is 0 Å². The van der Waals surface area contributed by atoms with Gasteiger partial charge in [-0.15, -0.1) is 0 Å². The van der Waals surface area contributed by atoms with Gasteiger partial charge in [0.2, 0.25) is 0 Å². The zero-order chi connectivity index (χ0) is 17.4. The van der Waals surface area contributed by atoms with Crippen molar-refractivity contribution >= 4 is 11.8 Å². The number of aromatic nitrogens is 4. The van der Waals surface area contributed by atoms with Crippen molar-refractivity contribution in [2.75, 3.05) is 18.4 Å². The van der Waals surface area contributed by atoms with Crippen LogP contribution in [0.5, 0.6) is 0 Å². The van der Waals surface area contributed by atoms with Crippen LogP contribution >= 0.6 is 0 Å². The topological polar surface area (TPSA) is 75.9 Å². The summed E-state index contributed by atoms with van der Waals surface area (Å²) in [6.07, 6.45) is 10.5. The van der Waals surface area contributed by atoms with E-state index in [1.165, 1.54) is 0 Å². The Bertz CT molecular complexity index is 755. The Hall–Kier alpha value is -2.44. The van der Waals surface area contributed by atoms with Gasteiger partial charge in [0, 0.05) is 37.1 Å². The molecule has 2 aromatic heterocycles. The third-order valence-electron chi connectivity index (χ3n) is 5.54. The van der Waals surface area contributed by atoms with Gasteiger partial charge in [-0.05, 0) is 31.2 Å². The number of piperidine rings is 1. The smallest absolute Gasteiger partial charge is 0.323 e. The molecule has 1 saturated heterocycles. The lowest BCUT2D eigenvalue weighted by molar-refractivity contribution is 0.149. The van der Waals surface area contributed by atoms with Crippen molar-refractivity contribution in [3.05, 3.63) is 36.8 Å². The van der Waals surface area contributed by atoms with Gasteiger partial charge in [0.15, 0.2) is 0 Å². The molecule has 2 aromatic rings. The molecule has 1 saturated carbocycles. The number of nitrogens with zero attached hydrogens (tertiary/aromatic N) is 5. The molecule has 2 unspecified atom stereocenters. The van der Waals surface area contributed by atoms with Crippen LogP contribution in [0.1, 0.15) is 45.0 Å². The SMILES string of the molecule is CC1CCN(C(=O)Nc2ccnc(C3(C)CC3)n2)CC1n1ccnc1. The first-order valence-corrected chi connectivity index (χ1v) is 8.92. The third-order valence-corrected chi connectivity index (χ3v) is 5.54. The maximum atomic E-state index is 12.7. The summed E-state index contributed by atoms with van der Waals surface area (Å²) in [5.41, 5.74) is 0.0911. The van der Waals surface area contributed by atoms with Gasteiger partial charge in [-0.1, -0.05) is 13.8 Å². The Morgan fingerprint density at radius 3 is 2.92 bits per heavy atom. The first kappa shape index (κ1) is 16.1. The summed E-state index contributed by atoms with van der Waals surface area (Å²) in [6, 6.07) is 1.92. The van der Waals surface area contributed by atoms with E-state index >= 15 is 0 Å². The average Bonchev–Trinajstić information content (AvgIpc) is 3.14. The van der Waals surface area contributed by atoms with Gasteiger partial charge in [0.1, 0.15) is 11.6 Å². The first-order valence-electron chi connectivity index (χ1n) is 8.92. The first-order chi connectivity index (χ1) is 12.0. The maximum absolute atomic E-state index is 12.7. The standard InChI is InChI=1S/C18H24N6O/c1-13-4-9-23(11-14(13)24-10-8-19-12-24)17(25)22-15-3-7-20-16(21-15)18(2)5-6-18/h3,7-8,10,12-14H,4-6,9,11H2,1-2H3,(H,20,21,22,25). The largest absolute Gasteiger partial charge is 0.332 e. The van der Waals surface area contributed by atoms with Crippen molar-refractivity contribution in [1.82, 2.24) is 24.4 Å². The van der Waals surface area contributed by atoms with E-state index in [-0.39, 0.29) is 17.5 Å². The van der Waals surface area contributed by atoms with E-state index < -0.39 is 0 Å². The molecule has 132 valence electrons. The molecule has 0 bridgehead atoms. The highest BCUT2D eigenvalue weighted by Gasteiger charge is 2.42. The molecule has 2 fully saturated rings. The average molecular weight is 340 g/mol. The van der Waals surface area contributed by atoms with Gasteiger partial charge in [-0.2, -0.15) is 0 Å². The Morgan fingerprint density at radius 2 is 2.20 bits per heavy atom. The molecule has 0 aromatic carbocycles. The number of rotatable bonds is 3. The lowest BCUT2D eigenvalue weighted by atomic mass is 9.93. The van der Waals surface area contributed by atoms with Gasteiger partial charge < -0.3 is 9.47 Å². The molecule has 4 rings (SSSR count). The summed E-state index contributed by atoms with van der Waals surface area (Å²) < 4.78 is 2.10. The van der Waals surface area contributed by atoms with Crippen LogP contribution in [0.25, 0.3) is 0 Å². The minimum Gasteiger partial charge on any atom is -0.332 e. The summed E-state index contributed by atoms with van der Waals surface area (Å²) in [6.45, 7) is 5.83. The number of anilines is 1. The van der Waals surface area contributed by atoms with Crippen molar-refractivity contribution in [2.45, 2.75) is 44.6 Å². The number of nitrogens with one attached hydrogen (secondary N) is 1. The molecule has 0 spiro atoms. The number of hydrogen-bond donors (Lipinski definition) is 1. The van der Waals surface area contributed by atoms with E-state index in [0.717, 1.165) is 31.6 Å². The van der Waals surface area contributed by atoms with Crippen LogP contribution < -0.4 is 5.32 Å². The Balaban J connectivity index is 1.44. The summed E-state index contributed by atoms with van der Waals surface area (Å²) in [5, 5.41) is 2.94. The summed E-state index contributed by atoms with van der Waals surface area (Å²) >= 11 is 0. The fourth-order valence-electron chi connectivity index (χ4n) is 3.41. The minimum absolute atomic E-state index is 0.0911. The fraction of sp³-hybridized carbons (Fsp3) is 0.556. The molecule has 0 radical (unpaired) electrons. The van der Waals surface area contributed by atoms with Crippen LogP contribution in [0.2, 0.25) is 0 Å². The lowest BCUT2D eigenvalue weighted by Gasteiger charge is -2.37. The molecule has 3 heterocycles. The van der Waals surface area contributed by atoms with Crippen molar-refractivity contribution in [1.29, 1.82) is 0 Å². The van der Waals surface area contributed by atoms with E-state index in [9.17, 15) is 4.79 Å². The molecule has 1 N–H and O–H groups in total. The van der Waals surface area contributed by atoms with Gasteiger partial charge in [0.25, 0.3) is 0 Å². The van der Waals surface area contributed by atoms with Crippen molar-refractivity contribution in [3.8, 4) is 0 Å². The van der Waals surface area contributed by atoms with Crippen LogP contribution in [0.15, 0.2) is 31.0 Å². The van der Waals surface area contributed by atoms with E-state index in [1.54, 1.807) is 18.5 Å². The van der Waals surface area contributed by atoms with Crippen LogP contribution in [-0.4, -0.2) is 43.5 Å². The molecule has 2 amide bonds. The second-order valence-corrected chi connectivity index (χ2v) is 7.55. The number of carbonyl (C=O) groups excluding carboxylic acids is 1. The monoisotopic (exact) mass is 340 g/mol. The third kappa shape index (κ3) is 3.23. The number of imidazole rings is 1. The quantitative estimate of drug-likeness (QED) is 0.932. The Labute approximate surface area is 147 Å². The predicted molar refractivity (Wildman–Crippen MR) is 94.3 cm³/mol. The number of likely N-dealkylation sites (tertiary alicyclic amines) is 1. The fourth-order valence-corrected chi connectivity index (χ4v) is 3.41. The van der Waals surface area contributed by atoms with E-state index in [4.69, 9.17) is 0 Å². The summed E-state index contributed by atoms with van der Waals surface area (Å²) in [4.78, 5) is 27.6. The molecule has 1 aliphatic carbocycles. The van der Waals surface area contributed by atoms with Crippen LogP contribution in [-0.2, 0) is 5.41 Å². The van der Waals surface area contributed by atoms with Gasteiger partial charge in [-0.3, -0.25) is 5.32 Å². The normalized spacial score (nSPS) is 24.8. The van der Waals surface area contributed by atoms with Gasteiger partial charge in [0.05, 0.1) is 12.4 Å². The van der Waals surface area contributed by atoms with Crippen molar-refractivity contribution in [3.63, 3.8) is 0 Å². The van der Waals surface area contributed by atoms with Crippen LogP contribution in [0.4, 0.5) is 10.6 Å². The zero-order valence-corrected chi connectivity index (χ0v) is 14.7. The predicted octanol–water partition coefficient (Wildman–Crippen LogP) is 2.84. The molecular weight excluding hydrogens is 316 g/mol.